The van der Waals surface area contributed by atoms with E-state index < -0.39 is 17.8 Å². The minimum atomic E-state index is -0.738. The lowest BCUT2D eigenvalue weighted by Gasteiger charge is -2.25. The van der Waals surface area contributed by atoms with Crippen molar-refractivity contribution in [2.24, 2.45) is 10.7 Å². The van der Waals surface area contributed by atoms with Crippen LogP contribution in [0.15, 0.2) is 47.5 Å². The smallest absolute Gasteiger partial charge is 0.436 e. The van der Waals surface area contributed by atoms with Crippen LogP contribution in [-0.2, 0) is 9.53 Å². The third kappa shape index (κ3) is 5.59. The Balaban J connectivity index is 1.33. The fraction of sp³-hybridized carbons (Fsp3) is 0.400. The zero-order chi connectivity index (χ0) is 24.3. The highest BCUT2D eigenvalue weighted by atomic mass is 16.6. The van der Waals surface area contributed by atoms with Gasteiger partial charge in [0.1, 0.15) is 23.8 Å². The largest absolute Gasteiger partial charge is 0.493 e. The number of para-hydroxylation sites is 2. The van der Waals surface area contributed by atoms with Crippen LogP contribution in [0.3, 0.4) is 0 Å². The predicted molar refractivity (Wildman–Crippen MR) is 126 cm³/mol. The molecule has 34 heavy (non-hydrogen) atoms. The van der Waals surface area contributed by atoms with Crippen molar-refractivity contribution in [2.75, 3.05) is 19.8 Å². The van der Waals surface area contributed by atoms with Crippen LogP contribution in [-0.4, -0.2) is 49.3 Å². The summed E-state index contributed by atoms with van der Waals surface area (Å²) < 4.78 is 22.3. The van der Waals surface area contributed by atoms with Crippen molar-refractivity contribution < 1.29 is 28.5 Å². The van der Waals surface area contributed by atoms with Gasteiger partial charge in [-0.3, -0.25) is 4.79 Å². The van der Waals surface area contributed by atoms with Gasteiger partial charge in [0.05, 0.1) is 6.61 Å². The second-order valence-corrected chi connectivity index (χ2v) is 9.18. The number of carbonyl (C=O) groups is 2. The lowest BCUT2D eigenvalue weighted by Crippen LogP contribution is -2.44. The van der Waals surface area contributed by atoms with E-state index >= 15 is 0 Å². The third-order valence-corrected chi connectivity index (χ3v) is 5.38. The molecule has 0 aliphatic carbocycles. The number of nitrogens with one attached hydrogen (secondary N) is 1. The molecule has 9 nitrogen and oxygen atoms in total. The Morgan fingerprint density at radius 2 is 1.82 bits per heavy atom. The Morgan fingerprint density at radius 1 is 1.09 bits per heavy atom. The van der Waals surface area contributed by atoms with Crippen LogP contribution in [0.4, 0.5) is 4.79 Å². The fourth-order valence-electron chi connectivity index (χ4n) is 3.76. The molecule has 2 aromatic rings. The minimum absolute atomic E-state index is 0.0637. The van der Waals surface area contributed by atoms with Gasteiger partial charge in [0.15, 0.2) is 11.5 Å². The summed E-state index contributed by atoms with van der Waals surface area (Å²) in [5, 5.41) is 2.92. The highest BCUT2D eigenvalue weighted by Gasteiger charge is 2.29. The molecule has 0 radical (unpaired) electrons. The summed E-state index contributed by atoms with van der Waals surface area (Å²) in [6.45, 7) is 6.39. The van der Waals surface area contributed by atoms with E-state index in [1.807, 2.05) is 24.3 Å². The number of aliphatic imine (C=N–C) groups is 1. The summed E-state index contributed by atoms with van der Waals surface area (Å²) in [5.41, 5.74) is 6.95. The minimum Gasteiger partial charge on any atom is -0.493 e. The molecule has 0 bridgehead atoms. The highest BCUT2D eigenvalue weighted by molar-refractivity contribution is 6.03. The molecule has 0 saturated heterocycles. The number of nitrogens with two attached hydrogens (primary N) is 1. The number of rotatable bonds is 5. The van der Waals surface area contributed by atoms with Crippen LogP contribution in [0.2, 0.25) is 0 Å². The second-order valence-electron chi connectivity index (χ2n) is 9.18. The SMILES string of the molecule is CC(C)(C)OC(=O)N=C(N)c1ccc2c(c1)C(CCNC(=O)C1COc3ccccc3O1)CO2. The molecular weight excluding hydrogens is 438 g/mol. The molecule has 2 unspecified atom stereocenters. The van der Waals surface area contributed by atoms with Crippen molar-refractivity contribution in [3.8, 4) is 17.2 Å². The van der Waals surface area contributed by atoms with Gasteiger partial charge in [0.25, 0.3) is 5.91 Å². The van der Waals surface area contributed by atoms with Crippen molar-refractivity contribution in [3.63, 3.8) is 0 Å². The van der Waals surface area contributed by atoms with Crippen LogP contribution >= 0.6 is 0 Å². The monoisotopic (exact) mass is 467 g/mol. The normalized spacial score (nSPS) is 19.1. The maximum atomic E-state index is 12.5. The lowest BCUT2D eigenvalue weighted by molar-refractivity contribution is -0.130. The molecule has 2 aromatic carbocycles. The number of ether oxygens (including phenoxy) is 4. The zero-order valence-corrected chi connectivity index (χ0v) is 19.5. The third-order valence-electron chi connectivity index (χ3n) is 5.38. The summed E-state index contributed by atoms with van der Waals surface area (Å²) in [6.07, 6.45) is -0.773. The lowest BCUT2D eigenvalue weighted by atomic mass is 9.96. The first-order valence-electron chi connectivity index (χ1n) is 11.2. The maximum absolute atomic E-state index is 12.5. The molecule has 180 valence electrons. The first-order valence-corrected chi connectivity index (χ1v) is 11.2. The van der Waals surface area contributed by atoms with Gasteiger partial charge in [-0.05, 0) is 57.5 Å². The number of amides is 2. The molecule has 0 aromatic heterocycles. The molecule has 2 amide bonds. The summed E-state index contributed by atoms with van der Waals surface area (Å²) in [5.74, 6) is 1.86. The molecule has 2 aliphatic heterocycles. The Bertz CT molecular complexity index is 1110. The highest BCUT2D eigenvalue weighted by Crippen LogP contribution is 2.36. The fourth-order valence-corrected chi connectivity index (χ4v) is 3.76. The van der Waals surface area contributed by atoms with Crippen LogP contribution in [0, 0.1) is 0 Å². The topological polar surface area (TPSA) is 121 Å². The summed E-state index contributed by atoms with van der Waals surface area (Å²) in [6, 6.07) is 12.7. The van der Waals surface area contributed by atoms with E-state index in [0.29, 0.717) is 36.6 Å². The molecule has 0 fully saturated rings. The van der Waals surface area contributed by atoms with E-state index in [9.17, 15) is 9.59 Å². The first-order chi connectivity index (χ1) is 16.2. The van der Waals surface area contributed by atoms with Crippen molar-refractivity contribution in [1.82, 2.24) is 5.32 Å². The van der Waals surface area contributed by atoms with Crippen LogP contribution in [0.1, 0.15) is 44.2 Å². The Kier molecular flexibility index (Phi) is 6.63. The van der Waals surface area contributed by atoms with Gasteiger partial charge in [-0.25, -0.2) is 4.79 Å². The second kappa shape index (κ2) is 9.62. The van der Waals surface area contributed by atoms with E-state index in [1.54, 1.807) is 39.0 Å². The Labute approximate surface area is 198 Å². The number of nitrogens with zero attached hydrogens (tertiary/aromatic N) is 1. The maximum Gasteiger partial charge on any atom is 0.436 e. The number of hydrogen-bond acceptors (Lipinski definition) is 6. The summed E-state index contributed by atoms with van der Waals surface area (Å²) in [7, 11) is 0. The first kappa shape index (κ1) is 23.4. The summed E-state index contributed by atoms with van der Waals surface area (Å²) in [4.78, 5) is 28.4. The van der Waals surface area contributed by atoms with Gasteiger partial charge in [0, 0.05) is 23.6 Å². The van der Waals surface area contributed by atoms with E-state index in [4.69, 9.17) is 24.7 Å². The zero-order valence-electron chi connectivity index (χ0n) is 19.5. The standard InChI is InChI=1S/C25H29N3O6/c1-25(2,3)34-24(30)28-22(26)15-8-9-18-17(12-15)16(13-31-18)10-11-27-23(29)21-14-32-19-6-4-5-7-20(19)33-21/h4-9,12,16,21H,10-11,13-14H2,1-3H3,(H,27,29)(H2,26,28,30). The van der Waals surface area contributed by atoms with Gasteiger partial charge >= 0.3 is 6.09 Å². The molecule has 9 heteroatoms. The number of fused-ring (bicyclic) bond motifs is 2. The van der Waals surface area contributed by atoms with Gasteiger partial charge in [0.2, 0.25) is 6.10 Å². The number of hydrogen-bond donors (Lipinski definition) is 2. The van der Waals surface area contributed by atoms with Crippen LogP contribution in [0.5, 0.6) is 17.2 Å². The van der Waals surface area contributed by atoms with E-state index in [1.165, 1.54) is 0 Å². The van der Waals surface area contributed by atoms with Gasteiger partial charge < -0.3 is 30.0 Å². The van der Waals surface area contributed by atoms with E-state index in [-0.39, 0.29) is 24.3 Å². The molecule has 0 spiro atoms. The number of benzene rings is 2. The van der Waals surface area contributed by atoms with Gasteiger partial charge in [-0.1, -0.05) is 12.1 Å². The van der Waals surface area contributed by atoms with Gasteiger partial charge in [-0.2, -0.15) is 4.99 Å². The van der Waals surface area contributed by atoms with Crippen molar-refractivity contribution >= 4 is 17.8 Å². The molecule has 4 rings (SSSR count). The number of amidine groups is 1. The molecule has 2 aliphatic rings. The average molecular weight is 468 g/mol. The van der Waals surface area contributed by atoms with Crippen LogP contribution in [0.25, 0.3) is 0 Å². The molecule has 0 saturated carbocycles. The Morgan fingerprint density at radius 3 is 2.59 bits per heavy atom. The van der Waals surface area contributed by atoms with Crippen LogP contribution < -0.4 is 25.3 Å². The Hall–Kier alpha value is -3.75. The predicted octanol–water partition coefficient (Wildman–Crippen LogP) is 3.15. The molecule has 3 N–H and O–H groups in total. The quantitative estimate of drug-likeness (QED) is 0.512. The number of carbonyl (C=O) groups excluding carboxylic acids is 2. The molecular formula is C25H29N3O6. The van der Waals surface area contributed by atoms with Crippen molar-refractivity contribution in [1.29, 1.82) is 0 Å². The average Bonchev–Trinajstić information content (AvgIpc) is 3.19. The molecule has 2 heterocycles. The van der Waals surface area contributed by atoms with Crippen molar-refractivity contribution in [3.05, 3.63) is 53.6 Å². The van der Waals surface area contributed by atoms with E-state index in [2.05, 4.69) is 10.3 Å². The van der Waals surface area contributed by atoms with E-state index in [0.717, 1.165) is 11.3 Å². The molecule has 2 atom stereocenters. The van der Waals surface area contributed by atoms with Gasteiger partial charge in [-0.15, -0.1) is 0 Å². The summed E-state index contributed by atoms with van der Waals surface area (Å²) >= 11 is 0. The van der Waals surface area contributed by atoms with Crippen molar-refractivity contribution in [2.45, 2.75) is 44.8 Å².